The second-order valence-electron chi connectivity index (χ2n) is 4.55. The Kier molecular flexibility index (Phi) is 3.84. The molecular weight excluding hydrogens is 326 g/mol. The second kappa shape index (κ2) is 5.63. The number of carbonyl (C=O) groups is 1. The standard InChI is InChI=1S/C14H12ClN3OS2/c1-7-6-20-11(18-7)5-17-14(19)13-12(16)9-3-2-8(15)4-10(9)21-13/h2-4,6H,5,16H2,1H3,(H,17,19). The zero-order valence-electron chi connectivity index (χ0n) is 11.1. The molecular formula is C14H12ClN3OS2. The summed E-state index contributed by atoms with van der Waals surface area (Å²) in [6.45, 7) is 2.33. The molecule has 0 bridgehead atoms. The van der Waals surface area contributed by atoms with Crippen LogP contribution in [0.2, 0.25) is 5.02 Å². The summed E-state index contributed by atoms with van der Waals surface area (Å²) < 4.78 is 0.912. The molecule has 3 aromatic rings. The Labute approximate surface area is 134 Å². The highest BCUT2D eigenvalue weighted by atomic mass is 35.5. The number of nitrogens with two attached hydrogens (primary N) is 1. The predicted molar refractivity (Wildman–Crippen MR) is 89.3 cm³/mol. The van der Waals surface area contributed by atoms with Gasteiger partial charge in [-0.1, -0.05) is 11.6 Å². The van der Waals surface area contributed by atoms with Crippen LogP contribution in [-0.4, -0.2) is 10.9 Å². The van der Waals surface area contributed by atoms with Gasteiger partial charge in [-0.2, -0.15) is 0 Å². The number of nitrogens with one attached hydrogen (secondary N) is 1. The highest BCUT2D eigenvalue weighted by Crippen LogP contribution is 2.35. The van der Waals surface area contributed by atoms with Crippen molar-refractivity contribution < 1.29 is 4.79 Å². The lowest BCUT2D eigenvalue weighted by atomic mass is 10.2. The Bertz CT molecular complexity index is 825. The maximum absolute atomic E-state index is 12.3. The van der Waals surface area contributed by atoms with Gasteiger partial charge < -0.3 is 11.1 Å². The van der Waals surface area contributed by atoms with Crippen LogP contribution < -0.4 is 11.1 Å². The number of nitrogens with zero attached hydrogens (tertiary/aromatic N) is 1. The van der Waals surface area contributed by atoms with Crippen molar-refractivity contribution in [2.45, 2.75) is 13.5 Å². The summed E-state index contributed by atoms with van der Waals surface area (Å²) in [4.78, 5) is 17.1. The molecule has 21 heavy (non-hydrogen) atoms. The van der Waals surface area contributed by atoms with E-state index in [1.54, 1.807) is 6.07 Å². The summed E-state index contributed by atoms with van der Waals surface area (Å²) in [5.74, 6) is -0.183. The van der Waals surface area contributed by atoms with Crippen molar-refractivity contribution >= 4 is 56.0 Å². The number of nitrogen functional groups attached to an aromatic ring is 1. The van der Waals surface area contributed by atoms with Crippen molar-refractivity contribution in [3.05, 3.63) is 44.2 Å². The number of carbonyl (C=O) groups excluding carboxylic acids is 1. The number of hydrogen-bond donors (Lipinski definition) is 2. The molecule has 1 aromatic carbocycles. The summed E-state index contributed by atoms with van der Waals surface area (Å²) in [6.07, 6.45) is 0. The zero-order valence-corrected chi connectivity index (χ0v) is 13.5. The SMILES string of the molecule is Cc1csc(CNC(=O)c2sc3cc(Cl)ccc3c2N)n1. The van der Waals surface area contributed by atoms with Crippen LogP contribution in [0.1, 0.15) is 20.4 Å². The average Bonchev–Trinajstić information content (AvgIpc) is 3.00. The minimum atomic E-state index is -0.183. The molecule has 3 N–H and O–H groups in total. The molecule has 7 heteroatoms. The van der Waals surface area contributed by atoms with Crippen molar-refractivity contribution in [2.75, 3.05) is 5.73 Å². The van der Waals surface area contributed by atoms with Gasteiger partial charge in [-0.3, -0.25) is 4.79 Å². The maximum atomic E-state index is 12.3. The molecule has 4 nitrogen and oxygen atoms in total. The van der Waals surface area contributed by atoms with Crippen molar-refractivity contribution in [3.63, 3.8) is 0 Å². The quantitative estimate of drug-likeness (QED) is 0.763. The lowest BCUT2D eigenvalue weighted by molar-refractivity contribution is 0.0956. The fourth-order valence-electron chi connectivity index (χ4n) is 1.98. The minimum Gasteiger partial charge on any atom is -0.397 e. The van der Waals surface area contributed by atoms with E-state index in [2.05, 4.69) is 10.3 Å². The molecule has 1 amide bonds. The molecule has 2 aromatic heterocycles. The Hall–Kier alpha value is -1.63. The predicted octanol–water partition coefficient (Wildman–Crippen LogP) is 3.83. The molecule has 0 unspecified atom stereocenters. The van der Waals surface area contributed by atoms with E-state index in [1.807, 2.05) is 24.4 Å². The highest BCUT2D eigenvalue weighted by molar-refractivity contribution is 7.21. The first-order chi connectivity index (χ1) is 10.0. The summed E-state index contributed by atoms with van der Waals surface area (Å²) in [6, 6.07) is 5.43. The van der Waals surface area contributed by atoms with Gasteiger partial charge in [0.25, 0.3) is 5.91 Å². The van der Waals surface area contributed by atoms with Crippen LogP contribution in [-0.2, 0) is 6.54 Å². The van der Waals surface area contributed by atoms with E-state index in [0.717, 1.165) is 20.8 Å². The third kappa shape index (κ3) is 2.88. The van der Waals surface area contributed by atoms with Gasteiger partial charge in [-0.05, 0) is 25.1 Å². The average molecular weight is 338 g/mol. The Morgan fingerprint density at radius 3 is 3.00 bits per heavy atom. The Morgan fingerprint density at radius 2 is 2.29 bits per heavy atom. The third-order valence-corrected chi connectivity index (χ3v) is 5.33. The molecule has 0 saturated carbocycles. The van der Waals surface area contributed by atoms with E-state index in [9.17, 15) is 4.79 Å². The topological polar surface area (TPSA) is 68.0 Å². The highest BCUT2D eigenvalue weighted by Gasteiger charge is 2.16. The van der Waals surface area contributed by atoms with Crippen LogP contribution in [0.5, 0.6) is 0 Å². The number of fused-ring (bicyclic) bond motifs is 1. The fraction of sp³-hybridized carbons (Fsp3) is 0.143. The Morgan fingerprint density at radius 1 is 1.48 bits per heavy atom. The monoisotopic (exact) mass is 337 g/mol. The molecule has 0 fully saturated rings. The van der Waals surface area contributed by atoms with Gasteiger partial charge in [0.2, 0.25) is 0 Å². The minimum absolute atomic E-state index is 0.183. The van der Waals surface area contributed by atoms with Gasteiger partial charge in [-0.25, -0.2) is 4.98 Å². The molecule has 3 rings (SSSR count). The van der Waals surface area contributed by atoms with E-state index in [0.29, 0.717) is 22.1 Å². The molecule has 108 valence electrons. The Balaban J connectivity index is 1.82. The van der Waals surface area contributed by atoms with Gasteiger partial charge in [0, 0.05) is 26.2 Å². The third-order valence-electron chi connectivity index (χ3n) is 2.96. The smallest absolute Gasteiger partial charge is 0.263 e. The van der Waals surface area contributed by atoms with Crippen LogP contribution in [0.25, 0.3) is 10.1 Å². The largest absolute Gasteiger partial charge is 0.397 e. The van der Waals surface area contributed by atoms with Crippen LogP contribution in [0.4, 0.5) is 5.69 Å². The number of amides is 1. The van der Waals surface area contributed by atoms with Crippen LogP contribution in [0, 0.1) is 6.92 Å². The first kappa shape index (κ1) is 14.3. The maximum Gasteiger partial charge on any atom is 0.263 e. The molecule has 0 aliphatic carbocycles. The van der Waals surface area contributed by atoms with Crippen LogP contribution in [0.15, 0.2) is 23.6 Å². The van der Waals surface area contributed by atoms with Crippen molar-refractivity contribution in [1.29, 1.82) is 0 Å². The van der Waals surface area contributed by atoms with E-state index < -0.39 is 0 Å². The van der Waals surface area contributed by atoms with E-state index in [4.69, 9.17) is 17.3 Å². The van der Waals surface area contributed by atoms with Gasteiger partial charge in [0.15, 0.2) is 0 Å². The fourth-order valence-corrected chi connectivity index (χ4v) is 4.01. The summed E-state index contributed by atoms with van der Waals surface area (Å²) in [5.41, 5.74) is 7.51. The van der Waals surface area contributed by atoms with Crippen molar-refractivity contribution in [2.24, 2.45) is 0 Å². The molecule has 0 radical (unpaired) electrons. The lowest BCUT2D eigenvalue weighted by Crippen LogP contribution is -2.22. The molecule has 0 aliphatic heterocycles. The number of thiazole rings is 1. The van der Waals surface area contributed by atoms with E-state index in [1.165, 1.54) is 22.7 Å². The number of hydrogen-bond acceptors (Lipinski definition) is 5. The first-order valence-corrected chi connectivity index (χ1v) is 8.28. The number of thiophene rings is 1. The number of aromatic nitrogens is 1. The molecule has 0 aliphatic rings. The number of benzene rings is 1. The van der Waals surface area contributed by atoms with Crippen LogP contribution >= 0.6 is 34.3 Å². The van der Waals surface area contributed by atoms with E-state index >= 15 is 0 Å². The van der Waals surface area contributed by atoms with Gasteiger partial charge >= 0.3 is 0 Å². The first-order valence-electron chi connectivity index (χ1n) is 6.21. The molecule has 2 heterocycles. The number of rotatable bonds is 3. The number of aryl methyl sites for hydroxylation is 1. The van der Waals surface area contributed by atoms with Crippen LogP contribution in [0.3, 0.4) is 0 Å². The van der Waals surface area contributed by atoms with Crippen molar-refractivity contribution in [1.82, 2.24) is 10.3 Å². The summed E-state index contributed by atoms with van der Waals surface area (Å²) >= 11 is 8.84. The number of halogens is 1. The van der Waals surface area contributed by atoms with Gasteiger partial charge in [0.1, 0.15) is 9.88 Å². The van der Waals surface area contributed by atoms with Crippen molar-refractivity contribution in [3.8, 4) is 0 Å². The molecule has 0 saturated heterocycles. The summed E-state index contributed by atoms with van der Waals surface area (Å²) in [5, 5.41) is 7.18. The van der Waals surface area contributed by atoms with Gasteiger partial charge in [0.05, 0.1) is 12.2 Å². The molecule has 0 atom stereocenters. The summed E-state index contributed by atoms with van der Waals surface area (Å²) in [7, 11) is 0. The zero-order chi connectivity index (χ0) is 15.0. The molecule has 0 spiro atoms. The number of anilines is 1. The van der Waals surface area contributed by atoms with E-state index in [-0.39, 0.29) is 5.91 Å². The second-order valence-corrected chi connectivity index (χ2v) is 6.98. The normalized spacial score (nSPS) is 11.0. The lowest BCUT2D eigenvalue weighted by Gasteiger charge is -2.01. The van der Waals surface area contributed by atoms with Gasteiger partial charge in [-0.15, -0.1) is 22.7 Å².